The van der Waals surface area contributed by atoms with Gasteiger partial charge in [-0.05, 0) is 12.1 Å². The molecule has 0 bridgehead atoms. The lowest BCUT2D eigenvalue weighted by atomic mass is 10.3. The van der Waals surface area contributed by atoms with Gasteiger partial charge in [0.25, 0.3) is 5.91 Å². The van der Waals surface area contributed by atoms with Crippen molar-refractivity contribution < 1.29 is 18.0 Å². The number of rotatable bonds is 4. The van der Waals surface area contributed by atoms with Gasteiger partial charge in [0.2, 0.25) is 0 Å². The summed E-state index contributed by atoms with van der Waals surface area (Å²) in [7, 11) is 1.29. The Hall–Kier alpha value is -1.83. The zero-order valence-corrected chi connectivity index (χ0v) is 9.66. The smallest absolute Gasteiger partial charge is 0.340 e. The Bertz CT molecular complexity index is 422. The monoisotopic (exact) mass is 262 g/mol. The van der Waals surface area contributed by atoms with E-state index in [1.165, 1.54) is 25.2 Å². The molecule has 1 aromatic heterocycles. The molecule has 0 saturated carbocycles. The van der Waals surface area contributed by atoms with Crippen molar-refractivity contribution in [1.29, 1.82) is 0 Å². The molecule has 0 atom stereocenters. The fourth-order valence-electron chi connectivity index (χ4n) is 1.23. The van der Waals surface area contributed by atoms with Gasteiger partial charge >= 0.3 is 6.18 Å². The Kier molecular flexibility index (Phi) is 4.49. The van der Waals surface area contributed by atoms with Crippen LogP contribution in [0.5, 0.6) is 0 Å². The average molecular weight is 262 g/mol. The van der Waals surface area contributed by atoms with Crippen LogP contribution >= 0.6 is 0 Å². The first-order valence-electron chi connectivity index (χ1n) is 5.09. The standard InChI is InChI=1S/C10H13F3N4O/c1-17(6-5-10(11,12)13)9(18)7-3-2-4-8(15-7)16-14/h2-4H,5-6,14H2,1H3,(H,15,16). The number of amides is 1. The molecule has 3 N–H and O–H groups in total. The molecule has 1 rings (SSSR count). The van der Waals surface area contributed by atoms with Gasteiger partial charge in [-0.15, -0.1) is 0 Å². The van der Waals surface area contributed by atoms with Crippen molar-refractivity contribution in [2.45, 2.75) is 12.6 Å². The number of carbonyl (C=O) groups is 1. The number of hydrogen-bond donors (Lipinski definition) is 2. The number of halogens is 3. The van der Waals surface area contributed by atoms with E-state index in [2.05, 4.69) is 10.4 Å². The summed E-state index contributed by atoms with van der Waals surface area (Å²) >= 11 is 0. The SMILES string of the molecule is CN(CCC(F)(F)F)C(=O)c1cccc(NN)n1. The largest absolute Gasteiger partial charge is 0.390 e. The topological polar surface area (TPSA) is 71.2 Å². The van der Waals surface area contributed by atoms with E-state index < -0.39 is 25.0 Å². The van der Waals surface area contributed by atoms with Crippen molar-refractivity contribution in [3.05, 3.63) is 23.9 Å². The Morgan fingerprint density at radius 3 is 2.72 bits per heavy atom. The van der Waals surface area contributed by atoms with Crippen LogP contribution in [0.15, 0.2) is 18.2 Å². The van der Waals surface area contributed by atoms with Gasteiger partial charge in [0.05, 0.1) is 6.42 Å². The maximum Gasteiger partial charge on any atom is 0.390 e. The molecule has 18 heavy (non-hydrogen) atoms. The number of hydrazine groups is 1. The van der Waals surface area contributed by atoms with Gasteiger partial charge in [-0.2, -0.15) is 13.2 Å². The molecule has 0 saturated heterocycles. The predicted octanol–water partition coefficient (Wildman–Crippen LogP) is 1.39. The molecule has 0 unspecified atom stereocenters. The Morgan fingerprint density at radius 1 is 1.50 bits per heavy atom. The second kappa shape index (κ2) is 5.67. The first kappa shape index (κ1) is 14.2. The fourth-order valence-corrected chi connectivity index (χ4v) is 1.23. The lowest BCUT2D eigenvalue weighted by molar-refractivity contribution is -0.136. The first-order chi connectivity index (χ1) is 8.33. The summed E-state index contributed by atoms with van der Waals surface area (Å²) in [6, 6.07) is 4.48. The normalized spacial score (nSPS) is 11.2. The summed E-state index contributed by atoms with van der Waals surface area (Å²) in [6.45, 7) is -0.412. The number of hydrogen-bond acceptors (Lipinski definition) is 4. The van der Waals surface area contributed by atoms with E-state index in [1.807, 2.05) is 0 Å². The van der Waals surface area contributed by atoms with Crippen molar-refractivity contribution >= 4 is 11.7 Å². The second-order valence-electron chi connectivity index (χ2n) is 3.64. The van der Waals surface area contributed by atoms with Crippen LogP contribution in [0.2, 0.25) is 0 Å². The summed E-state index contributed by atoms with van der Waals surface area (Å²) < 4.78 is 36.1. The zero-order valence-electron chi connectivity index (χ0n) is 9.66. The Balaban J connectivity index is 2.68. The Labute approximate surface area is 102 Å². The molecule has 1 amide bonds. The van der Waals surface area contributed by atoms with Crippen LogP contribution in [0, 0.1) is 0 Å². The van der Waals surface area contributed by atoms with E-state index >= 15 is 0 Å². The molecule has 100 valence electrons. The number of nitrogens with two attached hydrogens (primary N) is 1. The molecule has 8 heteroatoms. The van der Waals surface area contributed by atoms with E-state index in [0.29, 0.717) is 0 Å². The first-order valence-corrected chi connectivity index (χ1v) is 5.09. The average Bonchev–Trinajstić information content (AvgIpc) is 2.34. The molecule has 0 aliphatic rings. The van der Waals surface area contributed by atoms with E-state index in [1.54, 1.807) is 0 Å². The minimum Gasteiger partial charge on any atom is -0.340 e. The van der Waals surface area contributed by atoms with Crippen LogP contribution < -0.4 is 11.3 Å². The van der Waals surface area contributed by atoms with Crippen molar-refractivity contribution in [2.75, 3.05) is 19.0 Å². The quantitative estimate of drug-likeness (QED) is 0.635. The van der Waals surface area contributed by atoms with Crippen LogP contribution in [0.1, 0.15) is 16.9 Å². The van der Waals surface area contributed by atoms with Crippen LogP contribution in [0.3, 0.4) is 0 Å². The molecule has 0 aliphatic heterocycles. The van der Waals surface area contributed by atoms with Crippen LogP contribution in [0.25, 0.3) is 0 Å². The summed E-state index contributed by atoms with van der Waals surface area (Å²) in [5, 5.41) is 0. The summed E-state index contributed by atoms with van der Waals surface area (Å²) in [5.41, 5.74) is 2.29. The molecule has 0 fully saturated rings. The molecule has 1 heterocycles. The molecule has 1 aromatic rings. The van der Waals surface area contributed by atoms with Gasteiger partial charge in [-0.25, -0.2) is 10.8 Å². The number of alkyl halides is 3. The van der Waals surface area contributed by atoms with Gasteiger partial charge in [0.1, 0.15) is 11.5 Å². The Morgan fingerprint density at radius 2 is 2.17 bits per heavy atom. The van der Waals surface area contributed by atoms with Gasteiger partial charge in [0.15, 0.2) is 0 Å². The highest BCUT2D eigenvalue weighted by Gasteiger charge is 2.28. The lowest BCUT2D eigenvalue weighted by Crippen LogP contribution is -2.31. The van der Waals surface area contributed by atoms with E-state index in [9.17, 15) is 18.0 Å². The molecule has 0 spiro atoms. The van der Waals surface area contributed by atoms with E-state index in [0.717, 1.165) is 4.90 Å². The summed E-state index contributed by atoms with van der Waals surface area (Å²) in [5.74, 6) is 4.81. The van der Waals surface area contributed by atoms with Crippen molar-refractivity contribution in [3.63, 3.8) is 0 Å². The molecule has 0 aromatic carbocycles. The highest BCUT2D eigenvalue weighted by atomic mass is 19.4. The van der Waals surface area contributed by atoms with Crippen LogP contribution in [-0.4, -0.2) is 35.6 Å². The lowest BCUT2D eigenvalue weighted by Gasteiger charge is -2.17. The molecular weight excluding hydrogens is 249 g/mol. The van der Waals surface area contributed by atoms with Crippen LogP contribution in [-0.2, 0) is 0 Å². The number of nitrogens with zero attached hydrogens (tertiary/aromatic N) is 2. The van der Waals surface area contributed by atoms with Crippen molar-refractivity contribution in [1.82, 2.24) is 9.88 Å². The maximum absolute atomic E-state index is 12.0. The molecule has 5 nitrogen and oxygen atoms in total. The fraction of sp³-hybridized carbons (Fsp3) is 0.400. The third kappa shape index (κ3) is 4.21. The summed E-state index contributed by atoms with van der Waals surface area (Å²) in [4.78, 5) is 16.6. The van der Waals surface area contributed by atoms with Gasteiger partial charge < -0.3 is 10.3 Å². The maximum atomic E-state index is 12.0. The number of pyridine rings is 1. The highest BCUT2D eigenvalue weighted by Crippen LogP contribution is 2.19. The number of anilines is 1. The highest BCUT2D eigenvalue weighted by molar-refractivity contribution is 5.92. The van der Waals surface area contributed by atoms with Crippen molar-refractivity contribution in [3.8, 4) is 0 Å². The minimum atomic E-state index is -4.29. The van der Waals surface area contributed by atoms with E-state index in [4.69, 9.17) is 5.84 Å². The molecule has 0 aliphatic carbocycles. The zero-order chi connectivity index (χ0) is 13.8. The number of carbonyl (C=O) groups excluding carboxylic acids is 1. The van der Waals surface area contributed by atoms with Gasteiger partial charge in [-0.1, -0.05) is 6.07 Å². The third-order valence-corrected chi connectivity index (χ3v) is 2.19. The van der Waals surface area contributed by atoms with Gasteiger partial charge in [0, 0.05) is 13.6 Å². The minimum absolute atomic E-state index is 0.0372. The van der Waals surface area contributed by atoms with E-state index in [-0.39, 0.29) is 11.5 Å². The predicted molar refractivity (Wildman–Crippen MR) is 59.7 cm³/mol. The number of aromatic nitrogens is 1. The summed E-state index contributed by atoms with van der Waals surface area (Å²) in [6.07, 6.45) is -5.34. The number of nitrogens with one attached hydrogen (secondary N) is 1. The third-order valence-electron chi connectivity index (χ3n) is 2.19. The second-order valence-corrected chi connectivity index (χ2v) is 3.64. The van der Waals surface area contributed by atoms with Crippen molar-refractivity contribution in [2.24, 2.45) is 5.84 Å². The molecular formula is C10H13F3N4O. The van der Waals surface area contributed by atoms with Crippen LogP contribution in [0.4, 0.5) is 19.0 Å². The van der Waals surface area contributed by atoms with Gasteiger partial charge in [-0.3, -0.25) is 4.79 Å². The number of nitrogen functional groups attached to an aromatic ring is 1. The molecule has 0 radical (unpaired) electrons.